The SMILES string of the molecule is CCCC(C(=O)c1ccccc1)[PH](=O)C(C)(CC)c1ccccc1. The Bertz CT molecular complexity index is 681. The summed E-state index contributed by atoms with van der Waals surface area (Å²) >= 11 is 0. The average Bonchev–Trinajstić information content (AvgIpc) is 2.65. The highest BCUT2D eigenvalue weighted by molar-refractivity contribution is 7.48. The Morgan fingerprint density at radius 3 is 2.04 bits per heavy atom. The Morgan fingerprint density at radius 2 is 1.54 bits per heavy atom. The molecule has 3 atom stereocenters. The molecular weight excluding hydrogens is 315 g/mol. The molecule has 3 unspecified atom stereocenters. The van der Waals surface area contributed by atoms with Crippen molar-refractivity contribution in [3.63, 3.8) is 0 Å². The monoisotopic (exact) mass is 342 g/mol. The van der Waals surface area contributed by atoms with Crippen LogP contribution in [-0.4, -0.2) is 11.4 Å². The average molecular weight is 342 g/mol. The molecule has 0 aliphatic rings. The maximum atomic E-state index is 13.6. The number of rotatable bonds is 8. The van der Waals surface area contributed by atoms with Crippen LogP contribution in [0.2, 0.25) is 0 Å². The number of carbonyl (C=O) groups is 1. The Kier molecular flexibility index (Phi) is 6.57. The summed E-state index contributed by atoms with van der Waals surface area (Å²) in [5.41, 5.74) is 1.34. The Morgan fingerprint density at radius 1 is 1.00 bits per heavy atom. The zero-order chi connectivity index (χ0) is 17.6. The number of ketones is 1. The van der Waals surface area contributed by atoms with Crippen LogP contribution >= 0.6 is 7.80 Å². The van der Waals surface area contributed by atoms with Crippen molar-refractivity contribution in [3.8, 4) is 0 Å². The van der Waals surface area contributed by atoms with Crippen LogP contribution < -0.4 is 0 Å². The first-order valence-corrected chi connectivity index (χ1v) is 10.2. The molecule has 0 bridgehead atoms. The number of hydrogen-bond acceptors (Lipinski definition) is 2. The largest absolute Gasteiger partial charge is 0.325 e. The molecule has 0 radical (unpaired) electrons. The van der Waals surface area contributed by atoms with E-state index in [9.17, 15) is 9.36 Å². The lowest BCUT2D eigenvalue weighted by Crippen LogP contribution is -2.26. The molecule has 0 saturated carbocycles. The van der Waals surface area contributed by atoms with Crippen LogP contribution in [0.4, 0.5) is 0 Å². The van der Waals surface area contributed by atoms with Gasteiger partial charge in [0.1, 0.15) is 0 Å². The van der Waals surface area contributed by atoms with Crippen molar-refractivity contribution in [2.24, 2.45) is 0 Å². The molecule has 0 aromatic heterocycles. The molecule has 0 saturated heterocycles. The van der Waals surface area contributed by atoms with E-state index >= 15 is 0 Å². The van der Waals surface area contributed by atoms with E-state index in [4.69, 9.17) is 0 Å². The molecule has 0 heterocycles. The van der Waals surface area contributed by atoms with Gasteiger partial charge in [-0.25, -0.2) is 0 Å². The molecule has 0 aliphatic carbocycles. The van der Waals surface area contributed by atoms with Crippen molar-refractivity contribution in [1.82, 2.24) is 0 Å². The van der Waals surface area contributed by atoms with E-state index in [1.807, 2.05) is 74.5 Å². The standard InChI is InChI=1S/C21H27O2P/c1-4-12-19(20(22)17-13-8-6-9-14-17)24(23)21(3,5-2)18-15-10-7-11-16-18/h6-11,13-16,19,24H,4-5,12H2,1-3H3. The minimum Gasteiger partial charge on any atom is -0.325 e. The van der Waals surface area contributed by atoms with E-state index in [1.54, 1.807) is 0 Å². The fourth-order valence-corrected chi connectivity index (χ4v) is 5.71. The van der Waals surface area contributed by atoms with Crippen molar-refractivity contribution >= 4 is 13.6 Å². The van der Waals surface area contributed by atoms with Crippen LogP contribution in [0.3, 0.4) is 0 Å². The van der Waals surface area contributed by atoms with Gasteiger partial charge in [0.05, 0.1) is 13.5 Å². The maximum Gasteiger partial charge on any atom is 0.173 e. The van der Waals surface area contributed by atoms with Crippen molar-refractivity contribution in [2.75, 3.05) is 0 Å². The van der Waals surface area contributed by atoms with E-state index < -0.39 is 18.6 Å². The molecule has 0 amide bonds. The van der Waals surface area contributed by atoms with Crippen LogP contribution in [0, 0.1) is 0 Å². The van der Waals surface area contributed by atoms with Crippen LogP contribution in [0.15, 0.2) is 60.7 Å². The molecular formula is C21H27O2P. The number of hydrogen-bond donors (Lipinski definition) is 0. The summed E-state index contributed by atoms with van der Waals surface area (Å²) < 4.78 is 13.6. The molecule has 2 rings (SSSR count). The summed E-state index contributed by atoms with van der Waals surface area (Å²) in [7, 11) is -2.18. The minimum atomic E-state index is -2.18. The quantitative estimate of drug-likeness (QED) is 0.440. The van der Waals surface area contributed by atoms with Gasteiger partial charge in [-0.05, 0) is 25.3 Å². The third-order valence-corrected chi connectivity index (χ3v) is 7.84. The van der Waals surface area contributed by atoms with E-state index in [0.717, 1.165) is 18.4 Å². The lowest BCUT2D eigenvalue weighted by atomic mass is 9.97. The molecule has 0 fully saturated rings. The van der Waals surface area contributed by atoms with Gasteiger partial charge in [0.25, 0.3) is 0 Å². The topological polar surface area (TPSA) is 34.1 Å². The van der Waals surface area contributed by atoms with Crippen molar-refractivity contribution in [3.05, 3.63) is 71.8 Å². The fourth-order valence-electron chi connectivity index (χ4n) is 3.18. The fraction of sp³-hybridized carbons (Fsp3) is 0.381. The van der Waals surface area contributed by atoms with Crippen molar-refractivity contribution in [2.45, 2.75) is 50.8 Å². The van der Waals surface area contributed by atoms with Gasteiger partial charge in [0, 0.05) is 10.7 Å². The predicted octanol–water partition coefficient (Wildman–Crippen LogP) is 5.92. The van der Waals surface area contributed by atoms with Crippen LogP contribution in [0.1, 0.15) is 56.0 Å². The molecule has 2 nitrogen and oxygen atoms in total. The second-order valence-electron chi connectivity index (χ2n) is 6.49. The number of carbonyl (C=O) groups excluding carboxylic acids is 1. The molecule has 3 heteroatoms. The van der Waals surface area contributed by atoms with E-state index in [2.05, 4.69) is 6.92 Å². The Hall–Kier alpha value is -1.66. The van der Waals surface area contributed by atoms with Gasteiger partial charge in [-0.1, -0.05) is 80.9 Å². The third kappa shape index (κ3) is 3.87. The van der Waals surface area contributed by atoms with Crippen LogP contribution in [0.25, 0.3) is 0 Å². The first-order chi connectivity index (χ1) is 11.5. The van der Waals surface area contributed by atoms with Gasteiger partial charge in [-0.2, -0.15) is 0 Å². The molecule has 24 heavy (non-hydrogen) atoms. The highest BCUT2D eigenvalue weighted by atomic mass is 31.1. The molecule has 0 spiro atoms. The van der Waals surface area contributed by atoms with E-state index in [1.165, 1.54) is 0 Å². The lowest BCUT2D eigenvalue weighted by molar-refractivity contribution is 0.0982. The predicted molar refractivity (Wildman–Crippen MR) is 103 cm³/mol. The summed E-state index contributed by atoms with van der Waals surface area (Å²) in [5.74, 6) is 0.0249. The highest BCUT2D eigenvalue weighted by Gasteiger charge is 2.39. The summed E-state index contributed by atoms with van der Waals surface area (Å²) in [6.45, 7) is 6.16. The molecule has 2 aromatic rings. The molecule has 0 N–H and O–H groups in total. The zero-order valence-electron chi connectivity index (χ0n) is 14.8. The smallest absolute Gasteiger partial charge is 0.173 e. The first-order valence-electron chi connectivity index (χ1n) is 8.73. The summed E-state index contributed by atoms with van der Waals surface area (Å²) in [6.07, 6.45) is 2.29. The Balaban J connectivity index is 2.39. The van der Waals surface area contributed by atoms with Gasteiger partial charge in [0.15, 0.2) is 5.78 Å². The van der Waals surface area contributed by atoms with Gasteiger partial charge in [-0.15, -0.1) is 0 Å². The highest BCUT2D eigenvalue weighted by Crippen LogP contribution is 2.54. The van der Waals surface area contributed by atoms with Gasteiger partial charge < -0.3 is 4.57 Å². The normalized spacial score (nSPS) is 16.1. The van der Waals surface area contributed by atoms with Gasteiger partial charge >= 0.3 is 0 Å². The van der Waals surface area contributed by atoms with Crippen LogP contribution in [0.5, 0.6) is 0 Å². The minimum absolute atomic E-state index is 0.0249. The van der Waals surface area contributed by atoms with Crippen molar-refractivity contribution < 1.29 is 9.36 Å². The second-order valence-corrected chi connectivity index (χ2v) is 9.02. The summed E-state index contributed by atoms with van der Waals surface area (Å²) in [4.78, 5) is 13.0. The van der Waals surface area contributed by atoms with E-state index in [0.29, 0.717) is 12.0 Å². The van der Waals surface area contributed by atoms with Gasteiger partial charge in [-0.3, -0.25) is 4.79 Å². The summed E-state index contributed by atoms with van der Waals surface area (Å²) in [6, 6.07) is 19.3. The molecule has 0 aliphatic heterocycles. The third-order valence-electron chi connectivity index (χ3n) is 4.93. The van der Waals surface area contributed by atoms with Crippen molar-refractivity contribution in [1.29, 1.82) is 0 Å². The second kappa shape index (κ2) is 8.44. The van der Waals surface area contributed by atoms with Crippen LogP contribution in [-0.2, 0) is 9.72 Å². The first kappa shape index (κ1) is 18.7. The Labute approximate surface area is 146 Å². The molecule has 128 valence electrons. The summed E-state index contributed by atoms with van der Waals surface area (Å²) in [5, 5.41) is -0.448. The van der Waals surface area contributed by atoms with Gasteiger partial charge in [0.2, 0.25) is 0 Å². The van der Waals surface area contributed by atoms with E-state index in [-0.39, 0.29) is 5.78 Å². The lowest BCUT2D eigenvalue weighted by Gasteiger charge is -2.32. The molecule has 2 aromatic carbocycles. The zero-order valence-corrected chi connectivity index (χ0v) is 15.8. The number of Topliss-reactive ketones (excluding diaryl/α,β-unsaturated/α-hetero) is 1. The maximum absolute atomic E-state index is 13.6. The number of benzene rings is 2.